The Morgan fingerprint density at radius 1 is 1.04 bits per heavy atom. The third kappa shape index (κ3) is 10.2. The first-order valence-corrected chi connectivity index (χ1v) is 10.5. The van der Waals surface area contributed by atoms with E-state index in [1.165, 1.54) is 34.6 Å². The van der Waals surface area contributed by atoms with E-state index in [1.54, 1.807) is 0 Å². The van der Waals surface area contributed by atoms with Crippen molar-refractivity contribution >= 4 is 17.6 Å². The fraction of sp³-hybridized carbons (Fsp3) is 0.478. The fourth-order valence-electron chi connectivity index (χ4n) is 2.35. The van der Waals surface area contributed by atoms with Gasteiger partial charge in [0.05, 0.1) is 5.69 Å². The van der Waals surface area contributed by atoms with Gasteiger partial charge in [-0.25, -0.2) is 0 Å². The lowest BCUT2D eigenvalue weighted by Gasteiger charge is -2.30. The van der Waals surface area contributed by atoms with E-state index in [0.29, 0.717) is 0 Å². The van der Waals surface area contributed by atoms with E-state index in [0.717, 1.165) is 6.54 Å². The lowest BCUT2D eigenvalue weighted by Crippen LogP contribution is -2.22. The minimum absolute atomic E-state index is 1.12. The van der Waals surface area contributed by atoms with E-state index < -0.39 is 0 Å². The Morgan fingerprint density at radius 3 is 2.24 bits per heavy atom. The van der Waals surface area contributed by atoms with Gasteiger partial charge in [-0.1, -0.05) is 84.0 Å². The largest absolute Gasteiger partial charge is 0.312 e. The number of benzene rings is 1. The van der Waals surface area contributed by atoms with Gasteiger partial charge >= 0.3 is 0 Å². The third-order valence-corrected chi connectivity index (χ3v) is 4.14. The molecule has 0 radical (unpaired) electrons. The second-order valence-electron chi connectivity index (χ2n) is 4.83. The zero-order valence-corrected chi connectivity index (χ0v) is 18.5. The molecule has 25 heavy (non-hydrogen) atoms. The Hall–Kier alpha value is -1.41. The van der Waals surface area contributed by atoms with Crippen LogP contribution in [0.2, 0.25) is 0 Å². The first kappa shape index (κ1) is 25.8. The molecule has 0 fully saturated rings. The fourth-order valence-corrected chi connectivity index (χ4v) is 3.43. The number of fused-ring (bicyclic) bond motifs is 1. The van der Waals surface area contributed by atoms with Gasteiger partial charge in [0.1, 0.15) is 0 Å². The molecule has 0 bridgehead atoms. The molecular weight excluding hydrogens is 322 g/mol. The number of hydrogen-bond donors (Lipinski definition) is 0. The lowest BCUT2D eigenvalue weighted by molar-refractivity contribution is 0.796. The molecule has 0 atom stereocenters. The van der Waals surface area contributed by atoms with Crippen LogP contribution in [-0.2, 0) is 6.42 Å². The number of para-hydroxylation sites is 1. The highest BCUT2D eigenvalue weighted by molar-refractivity contribution is 8.04. The molecule has 0 saturated heterocycles. The van der Waals surface area contributed by atoms with Crippen molar-refractivity contribution in [3.63, 3.8) is 0 Å². The molecule has 1 aliphatic rings. The zero-order valence-electron chi connectivity index (χ0n) is 17.7. The monoisotopic (exact) mass is 361 g/mol. The molecule has 0 amide bonds. The molecule has 142 valence electrons. The summed E-state index contributed by atoms with van der Waals surface area (Å²) in [6, 6.07) is 8.72. The normalized spacial score (nSPS) is 13.0. The van der Waals surface area contributed by atoms with Gasteiger partial charge in [0.15, 0.2) is 0 Å². The highest BCUT2D eigenvalue weighted by atomic mass is 32.2. The van der Waals surface area contributed by atoms with Crippen molar-refractivity contribution in [2.24, 2.45) is 0 Å². The highest BCUT2D eigenvalue weighted by Gasteiger charge is 2.16. The average molecular weight is 362 g/mol. The Kier molecular flexibility index (Phi) is 18.0. The maximum Gasteiger partial charge on any atom is 0.0505 e. The van der Waals surface area contributed by atoms with Crippen molar-refractivity contribution in [3.05, 3.63) is 65.1 Å². The molecule has 2 rings (SSSR count). The van der Waals surface area contributed by atoms with Gasteiger partial charge in [0, 0.05) is 11.4 Å². The van der Waals surface area contributed by atoms with E-state index in [4.69, 9.17) is 0 Å². The maximum absolute atomic E-state index is 3.73. The van der Waals surface area contributed by atoms with Crippen molar-refractivity contribution in [1.82, 2.24) is 0 Å². The Bertz CT molecular complexity index is 515. The summed E-state index contributed by atoms with van der Waals surface area (Å²) in [5, 5.41) is 0. The van der Waals surface area contributed by atoms with Crippen LogP contribution in [0.3, 0.4) is 0 Å². The van der Waals surface area contributed by atoms with Crippen molar-refractivity contribution < 1.29 is 0 Å². The van der Waals surface area contributed by atoms with E-state index in [1.807, 2.05) is 65.6 Å². The van der Waals surface area contributed by atoms with Gasteiger partial charge in [-0.2, -0.15) is 0 Å². The highest BCUT2D eigenvalue weighted by Crippen LogP contribution is 2.34. The van der Waals surface area contributed by atoms with Gasteiger partial charge in [-0.3, -0.25) is 0 Å². The molecule has 2 heteroatoms. The summed E-state index contributed by atoms with van der Waals surface area (Å²) < 4.78 is 2.41. The Balaban J connectivity index is 0. The van der Waals surface area contributed by atoms with Crippen LogP contribution in [0.15, 0.2) is 59.6 Å². The van der Waals surface area contributed by atoms with E-state index in [9.17, 15) is 0 Å². The molecule has 0 saturated carbocycles. The van der Waals surface area contributed by atoms with Gasteiger partial charge in [0.2, 0.25) is 0 Å². The summed E-state index contributed by atoms with van der Waals surface area (Å²) in [5.41, 5.74) is 4.08. The number of allylic oxidation sites excluding steroid dienone is 5. The third-order valence-electron chi connectivity index (χ3n) is 3.13. The van der Waals surface area contributed by atoms with Gasteiger partial charge < -0.3 is 4.31 Å². The number of hydrogen-bond acceptors (Lipinski definition) is 2. The first-order chi connectivity index (χ1) is 12.2. The molecule has 1 aliphatic heterocycles. The summed E-state index contributed by atoms with van der Waals surface area (Å²) in [7, 11) is 0. The molecule has 1 nitrogen and oxygen atoms in total. The van der Waals surface area contributed by atoms with Crippen LogP contribution in [-0.4, -0.2) is 6.54 Å². The van der Waals surface area contributed by atoms with Crippen molar-refractivity contribution in [2.45, 2.75) is 68.2 Å². The van der Waals surface area contributed by atoms with Crippen LogP contribution in [0, 0.1) is 0 Å². The first-order valence-electron chi connectivity index (χ1n) is 9.72. The van der Waals surface area contributed by atoms with Gasteiger partial charge in [-0.05, 0) is 56.3 Å². The van der Waals surface area contributed by atoms with Crippen LogP contribution in [0.5, 0.6) is 0 Å². The molecule has 0 aromatic heterocycles. The van der Waals surface area contributed by atoms with Crippen LogP contribution >= 0.6 is 11.9 Å². The van der Waals surface area contributed by atoms with E-state index >= 15 is 0 Å². The number of rotatable bonds is 4. The summed E-state index contributed by atoms with van der Waals surface area (Å²) in [6.45, 7) is 21.1. The summed E-state index contributed by atoms with van der Waals surface area (Å²) in [5.74, 6) is 0. The standard InChI is InChI=1S/C17H21NS.3C2H6/c1-4-8-14(2)13-15(3)19-18-12-7-10-16-9-5-6-11-17(16)18;3*1-2/h4-6,8-9,11,13H,1,7,10,12H2,2-3H3;3*1-2H3/b14-8-,15-13+;;;. The van der Waals surface area contributed by atoms with Crippen LogP contribution < -0.4 is 4.31 Å². The molecule has 0 unspecified atom stereocenters. The van der Waals surface area contributed by atoms with Crippen molar-refractivity contribution in [3.8, 4) is 0 Å². The number of anilines is 1. The molecule has 0 spiro atoms. The number of aryl methyl sites for hydroxylation is 1. The second kappa shape index (κ2) is 17.4. The van der Waals surface area contributed by atoms with E-state index in [-0.39, 0.29) is 0 Å². The Labute approximate surface area is 162 Å². The lowest BCUT2D eigenvalue weighted by atomic mass is 10.0. The second-order valence-corrected chi connectivity index (χ2v) is 6.09. The molecule has 0 N–H and O–H groups in total. The maximum atomic E-state index is 3.73. The van der Waals surface area contributed by atoms with Crippen LogP contribution in [0.25, 0.3) is 0 Å². The van der Waals surface area contributed by atoms with Crippen molar-refractivity contribution in [2.75, 3.05) is 10.8 Å². The topological polar surface area (TPSA) is 3.24 Å². The Morgan fingerprint density at radius 2 is 1.64 bits per heavy atom. The molecule has 1 heterocycles. The van der Waals surface area contributed by atoms with Gasteiger partial charge in [-0.15, -0.1) is 0 Å². The van der Waals surface area contributed by atoms with Gasteiger partial charge in [0.25, 0.3) is 0 Å². The zero-order chi connectivity index (χ0) is 19.7. The SMILES string of the molecule is C=C/C=C(C)\C=C(/C)SN1CCCc2ccccc21.CC.CC.CC. The quantitative estimate of drug-likeness (QED) is 0.392. The molecule has 0 aliphatic carbocycles. The van der Waals surface area contributed by atoms with Crippen molar-refractivity contribution in [1.29, 1.82) is 0 Å². The minimum Gasteiger partial charge on any atom is -0.312 e. The van der Waals surface area contributed by atoms with Crippen LogP contribution in [0.1, 0.15) is 67.4 Å². The van der Waals surface area contributed by atoms with E-state index in [2.05, 4.69) is 55.1 Å². The average Bonchev–Trinajstić information content (AvgIpc) is 2.67. The minimum atomic E-state index is 1.12. The molecular formula is C23H39NS. The number of nitrogens with zero attached hydrogens (tertiary/aromatic N) is 1. The summed E-state index contributed by atoms with van der Waals surface area (Å²) in [4.78, 5) is 1.31. The van der Waals surface area contributed by atoms with Crippen LogP contribution in [0.4, 0.5) is 5.69 Å². The molecule has 1 aromatic rings. The summed E-state index contributed by atoms with van der Waals surface area (Å²) in [6.07, 6.45) is 8.52. The predicted molar refractivity (Wildman–Crippen MR) is 121 cm³/mol. The smallest absolute Gasteiger partial charge is 0.0505 e. The predicted octanol–water partition coefficient (Wildman–Crippen LogP) is 8.20. The molecule has 1 aromatic carbocycles. The summed E-state index contributed by atoms with van der Waals surface area (Å²) >= 11 is 1.84.